The van der Waals surface area contributed by atoms with Gasteiger partial charge in [-0.15, -0.1) is 0 Å². The minimum atomic E-state index is -0.454. The van der Waals surface area contributed by atoms with E-state index in [-0.39, 0.29) is 13.2 Å². The Morgan fingerprint density at radius 1 is 1.12 bits per heavy atom. The van der Waals surface area contributed by atoms with E-state index in [4.69, 9.17) is 18.9 Å². The first-order valence-corrected chi connectivity index (χ1v) is 7.42. The number of esters is 1. The van der Waals surface area contributed by atoms with Crippen LogP contribution in [0.15, 0.2) is 24.5 Å². The molecule has 0 bridgehead atoms. The van der Waals surface area contributed by atoms with Crippen LogP contribution >= 0.6 is 0 Å². The molecule has 2 aromatic rings. The van der Waals surface area contributed by atoms with E-state index < -0.39 is 5.97 Å². The van der Waals surface area contributed by atoms with E-state index in [9.17, 15) is 4.79 Å². The average molecular weight is 332 g/mol. The molecule has 2 rings (SSSR count). The van der Waals surface area contributed by atoms with E-state index in [1.807, 2.05) is 6.92 Å². The van der Waals surface area contributed by atoms with Crippen LogP contribution in [-0.4, -0.2) is 36.8 Å². The first kappa shape index (κ1) is 17.5. The molecule has 0 fully saturated rings. The number of rotatable bonds is 7. The lowest BCUT2D eigenvalue weighted by atomic mass is 10.2. The van der Waals surface area contributed by atoms with Gasteiger partial charge in [-0.05, 0) is 26.0 Å². The lowest BCUT2D eigenvalue weighted by molar-refractivity contribution is 0.0525. The van der Waals surface area contributed by atoms with Crippen molar-refractivity contribution >= 4 is 5.97 Å². The van der Waals surface area contributed by atoms with Gasteiger partial charge in [0, 0.05) is 6.20 Å². The van der Waals surface area contributed by atoms with Gasteiger partial charge >= 0.3 is 5.97 Å². The molecular weight excluding hydrogens is 312 g/mol. The highest BCUT2D eigenvalue weighted by molar-refractivity contribution is 5.91. The number of methoxy groups -OCH3 is 2. The maximum absolute atomic E-state index is 11.9. The van der Waals surface area contributed by atoms with Crippen LogP contribution in [0.1, 0.15) is 28.7 Å². The van der Waals surface area contributed by atoms with Crippen molar-refractivity contribution in [3.8, 4) is 17.2 Å². The maximum Gasteiger partial charge on any atom is 0.338 e. The molecule has 1 heterocycles. The molecule has 0 aliphatic rings. The van der Waals surface area contributed by atoms with Gasteiger partial charge in [-0.1, -0.05) is 0 Å². The zero-order valence-electron chi connectivity index (χ0n) is 14.2. The quantitative estimate of drug-likeness (QED) is 0.721. The number of aryl methyl sites for hydroxylation is 1. The Hall–Kier alpha value is -2.83. The lowest BCUT2D eigenvalue weighted by Crippen LogP contribution is -2.07. The van der Waals surface area contributed by atoms with Crippen molar-refractivity contribution < 1.29 is 23.7 Å². The summed E-state index contributed by atoms with van der Waals surface area (Å²) in [7, 11) is 2.98. The van der Waals surface area contributed by atoms with Gasteiger partial charge < -0.3 is 18.9 Å². The van der Waals surface area contributed by atoms with Gasteiger partial charge in [-0.2, -0.15) is 0 Å². The van der Waals surface area contributed by atoms with Crippen LogP contribution in [0.25, 0.3) is 0 Å². The summed E-state index contributed by atoms with van der Waals surface area (Å²) in [5, 5.41) is 0. The summed E-state index contributed by atoms with van der Waals surface area (Å²) in [6.45, 7) is 4.08. The zero-order valence-corrected chi connectivity index (χ0v) is 14.2. The molecular formula is C17H20N2O5. The predicted molar refractivity (Wildman–Crippen MR) is 86.6 cm³/mol. The smallest absolute Gasteiger partial charge is 0.338 e. The van der Waals surface area contributed by atoms with E-state index in [0.29, 0.717) is 28.5 Å². The number of hydrogen-bond acceptors (Lipinski definition) is 7. The van der Waals surface area contributed by atoms with Crippen LogP contribution in [0.3, 0.4) is 0 Å². The van der Waals surface area contributed by atoms with Gasteiger partial charge in [0.1, 0.15) is 6.61 Å². The first-order chi connectivity index (χ1) is 11.6. The fourth-order valence-electron chi connectivity index (χ4n) is 2.09. The molecule has 0 unspecified atom stereocenters. The summed E-state index contributed by atoms with van der Waals surface area (Å²) in [6, 6.07) is 3.11. The SMILES string of the molecule is CCOC(=O)c1cc(OC)c(OCc2cncc(C)n2)c(OC)c1. The Morgan fingerprint density at radius 2 is 1.79 bits per heavy atom. The highest BCUT2D eigenvalue weighted by atomic mass is 16.5. The van der Waals surface area contributed by atoms with E-state index >= 15 is 0 Å². The Kier molecular flexibility index (Phi) is 5.95. The Balaban J connectivity index is 2.29. The van der Waals surface area contributed by atoms with Gasteiger partial charge in [0.25, 0.3) is 0 Å². The van der Waals surface area contributed by atoms with E-state index in [2.05, 4.69) is 9.97 Å². The number of nitrogens with zero attached hydrogens (tertiary/aromatic N) is 2. The summed E-state index contributed by atoms with van der Waals surface area (Å²) in [5.41, 5.74) is 1.80. The fraction of sp³-hybridized carbons (Fsp3) is 0.353. The Morgan fingerprint density at radius 3 is 2.33 bits per heavy atom. The highest BCUT2D eigenvalue weighted by Gasteiger charge is 2.18. The summed E-state index contributed by atoms with van der Waals surface area (Å²) >= 11 is 0. The molecule has 0 N–H and O–H groups in total. The van der Waals surface area contributed by atoms with Crippen LogP contribution < -0.4 is 14.2 Å². The molecule has 7 nitrogen and oxygen atoms in total. The van der Waals surface area contributed by atoms with Crippen LogP contribution in [0.2, 0.25) is 0 Å². The van der Waals surface area contributed by atoms with Crippen LogP contribution in [0, 0.1) is 6.92 Å². The second kappa shape index (κ2) is 8.14. The van der Waals surface area contributed by atoms with Crippen molar-refractivity contribution in [3.63, 3.8) is 0 Å². The molecule has 7 heteroatoms. The number of ether oxygens (including phenoxy) is 4. The molecule has 128 valence electrons. The Labute approximate surface area is 140 Å². The van der Waals surface area contributed by atoms with E-state index in [0.717, 1.165) is 5.69 Å². The van der Waals surface area contributed by atoms with E-state index in [1.54, 1.807) is 31.5 Å². The topological polar surface area (TPSA) is 79.8 Å². The lowest BCUT2D eigenvalue weighted by Gasteiger charge is -2.15. The second-order valence-electron chi connectivity index (χ2n) is 4.87. The second-order valence-corrected chi connectivity index (χ2v) is 4.87. The van der Waals surface area contributed by atoms with Gasteiger partial charge in [0.05, 0.1) is 44.0 Å². The minimum absolute atomic E-state index is 0.195. The zero-order chi connectivity index (χ0) is 17.5. The molecule has 0 spiro atoms. The molecule has 0 amide bonds. The molecule has 1 aromatic carbocycles. The molecule has 0 radical (unpaired) electrons. The van der Waals surface area contributed by atoms with Gasteiger partial charge in [-0.25, -0.2) is 4.79 Å². The normalized spacial score (nSPS) is 10.2. The number of benzene rings is 1. The van der Waals surface area contributed by atoms with Gasteiger partial charge in [-0.3, -0.25) is 9.97 Å². The van der Waals surface area contributed by atoms with Crippen LogP contribution in [-0.2, 0) is 11.3 Å². The summed E-state index contributed by atoms with van der Waals surface area (Å²) < 4.78 is 21.4. The van der Waals surface area contributed by atoms with Gasteiger partial charge in [0.15, 0.2) is 11.5 Å². The molecule has 0 saturated carbocycles. The number of aromatic nitrogens is 2. The third-order valence-electron chi connectivity index (χ3n) is 3.14. The maximum atomic E-state index is 11.9. The third kappa shape index (κ3) is 4.13. The van der Waals surface area contributed by atoms with Gasteiger partial charge in [0.2, 0.25) is 5.75 Å². The largest absolute Gasteiger partial charge is 0.493 e. The molecule has 0 aliphatic heterocycles. The molecule has 0 atom stereocenters. The van der Waals surface area contributed by atoms with Crippen LogP contribution in [0.5, 0.6) is 17.2 Å². The Bertz CT molecular complexity index is 693. The minimum Gasteiger partial charge on any atom is -0.493 e. The van der Waals surface area contributed by atoms with Crippen LogP contribution in [0.4, 0.5) is 0 Å². The molecule has 0 saturated heterocycles. The fourth-order valence-corrected chi connectivity index (χ4v) is 2.09. The van der Waals surface area contributed by atoms with Crippen molar-refractivity contribution in [2.45, 2.75) is 20.5 Å². The molecule has 0 aliphatic carbocycles. The number of carbonyl (C=O) groups excluding carboxylic acids is 1. The van der Waals surface area contributed by atoms with Crippen molar-refractivity contribution in [1.29, 1.82) is 0 Å². The van der Waals surface area contributed by atoms with Crippen molar-refractivity contribution in [1.82, 2.24) is 9.97 Å². The summed E-state index contributed by atoms with van der Waals surface area (Å²) in [4.78, 5) is 20.3. The van der Waals surface area contributed by atoms with Crippen molar-refractivity contribution in [3.05, 3.63) is 41.5 Å². The highest BCUT2D eigenvalue weighted by Crippen LogP contribution is 2.39. The number of carbonyl (C=O) groups is 1. The third-order valence-corrected chi connectivity index (χ3v) is 3.14. The standard InChI is InChI=1S/C17H20N2O5/c1-5-23-17(20)12-6-14(21-3)16(15(7-12)22-4)24-10-13-9-18-8-11(2)19-13/h6-9H,5,10H2,1-4H3. The monoisotopic (exact) mass is 332 g/mol. The summed E-state index contributed by atoms with van der Waals surface area (Å²) in [5.74, 6) is 0.678. The van der Waals surface area contributed by atoms with Crippen molar-refractivity contribution in [2.75, 3.05) is 20.8 Å². The summed E-state index contributed by atoms with van der Waals surface area (Å²) in [6.07, 6.45) is 3.29. The van der Waals surface area contributed by atoms with Crippen molar-refractivity contribution in [2.24, 2.45) is 0 Å². The molecule has 24 heavy (non-hydrogen) atoms. The van der Waals surface area contributed by atoms with E-state index in [1.165, 1.54) is 14.2 Å². The number of hydrogen-bond donors (Lipinski definition) is 0. The predicted octanol–water partition coefficient (Wildman–Crippen LogP) is 2.56. The average Bonchev–Trinajstić information content (AvgIpc) is 2.59. The molecule has 1 aromatic heterocycles. The first-order valence-electron chi connectivity index (χ1n) is 7.42.